The molecule has 0 aliphatic carbocycles. The molecule has 0 fully saturated rings. The van der Waals surface area contributed by atoms with Gasteiger partial charge in [0.05, 0.1) is 16.1 Å². The van der Waals surface area contributed by atoms with E-state index in [9.17, 15) is 30.6 Å². The minimum atomic E-state index is -1.85. The van der Waals surface area contributed by atoms with Gasteiger partial charge in [0.15, 0.2) is 0 Å². The van der Waals surface area contributed by atoms with Crippen molar-refractivity contribution in [1.82, 2.24) is 0 Å². The lowest BCUT2D eigenvalue weighted by atomic mass is 10.3. The second kappa shape index (κ2) is 8.51. The minimum absolute atomic E-state index is 0.0648. The van der Waals surface area contributed by atoms with Gasteiger partial charge < -0.3 is 10.4 Å². The van der Waals surface area contributed by atoms with Crippen molar-refractivity contribution in [2.75, 3.05) is 13.1 Å². The number of hydrogen-bond acceptors (Lipinski definition) is 6. The number of nitro groups is 2. The van der Waals surface area contributed by atoms with Crippen LogP contribution >= 0.6 is 0 Å². The van der Waals surface area contributed by atoms with Crippen molar-refractivity contribution in [3.63, 3.8) is 0 Å². The lowest BCUT2D eigenvalue weighted by Crippen LogP contribution is -2.45. The summed E-state index contributed by atoms with van der Waals surface area (Å²) in [6, 6.07) is -1.65. The van der Waals surface area contributed by atoms with Crippen LogP contribution < -0.4 is 0 Å². The van der Waals surface area contributed by atoms with Gasteiger partial charge in [-0.25, -0.2) is 0 Å². The molecule has 0 aromatic rings. The van der Waals surface area contributed by atoms with Crippen LogP contribution in [0.2, 0.25) is 51.4 Å². The van der Waals surface area contributed by atoms with E-state index in [1.165, 1.54) is 0 Å². The van der Waals surface area contributed by atoms with Crippen molar-refractivity contribution in [3.8, 4) is 0 Å². The molecule has 0 heterocycles. The molecule has 0 spiro atoms. The third-order valence-corrected chi connectivity index (χ3v) is 6.63. The Morgan fingerprint density at radius 1 is 0.667 bits per heavy atom. The lowest BCUT2D eigenvalue weighted by molar-refractivity contribution is -1.00. The van der Waals surface area contributed by atoms with E-state index >= 15 is 0 Å². The van der Waals surface area contributed by atoms with Gasteiger partial charge in [0.25, 0.3) is 25.2 Å². The van der Waals surface area contributed by atoms with Crippen LogP contribution in [0, 0.1) is 30.6 Å². The van der Waals surface area contributed by atoms with E-state index in [4.69, 9.17) is 0 Å². The van der Waals surface area contributed by atoms with Crippen molar-refractivity contribution in [2.45, 2.75) is 63.5 Å². The smallest absolute Gasteiger partial charge is 0.290 e. The summed E-state index contributed by atoms with van der Waals surface area (Å²) in [5, 5.41) is 46.5. The summed E-state index contributed by atoms with van der Waals surface area (Å²) in [6.07, 6.45) is 0. The van der Waals surface area contributed by atoms with Crippen LogP contribution in [0.25, 0.3) is 0 Å². The topological polar surface area (TPSA) is 138 Å². The van der Waals surface area contributed by atoms with E-state index in [1.807, 2.05) is 39.3 Å². The maximum absolute atomic E-state index is 12.4. The van der Waals surface area contributed by atoms with Crippen LogP contribution in [0.1, 0.15) is 0 Å². The predicted octanol–water partition coefficient (Wildman–Crippen LogP) is 2.43. The molecule has 0 rings (SSSR count). The highest BCUT2D eigenvalue weighted by molar-refractivity contribution is 6.76. The Morgan fingerprint density at radius 3 is 1.08 bits per heavy atom. The summed E-state index contributed by atoms with van der Waals surface area (Å²) < 4.78 is 0. The van der Waals surface area contributed by atoms with E-state index in [0.717, 1.165) is 0 Å². The average molecular weight is 381 g/mol. The Kier molecular flexibility index (Phi) is 7.95. The second-order valence-electron chi connectivity index (χ2n) is 8.47. The fraction of sp³-hybridized carbons (Fsp3) is 1.00. The van der Waals surface area contributed by atoms with Crippen LogP contribution in [-0.2, 0) is 0 Å². The van der Waals surface area contributed by atoms with Gasteiger partial charge in [-0.3, -0.25) is 20.2 Å². The Balaban J connectivity index is 5.68. The van der Waals surface area contributed by atoms with Gasteiger partial charge in [-0.05, 0) is 0 Å². The Labute approximate surface area is 143 Å². The first-order valence-electron chi connectivity index (χ1n) is 7.78. The molecule has 24 heavy (non-hydrogen) atoms. The standard InChI is InChI=1S/C12H28N4O6Si2/c1-23(2,3)9-11(7-13(17)18)15(21)16(22)12(8-14(19)20)10-24(4,5)6/h11-12H,7-10H2,1-6H3/b16-15+. The Bertz CT molecular complexity index is 457. The summed E-state index contributed by atoms with van der Waals surface area (Å²) in [7, 11) is -3.69. The van der Waals surface area contributed by atoms with Gasteiger partial charge in [0, 0.05) is 31.7 Å². The molecule has 0 bridgehead atoms. The van der Waals surface area contributed by atoms with Crippen molar-refractivity contribution < 1.29 is 19.6 Å². The summed E-state index contributed by atoms with van der Waals surface area (Å²) in [5.41, 5.74) is 0. The monoisotopic (exact) mass is 380 g/mol. The minimum Gasteiger partial charge on any atom is -0.567 e. The highest BCUT2D eigenvalue weighted by Crippen LogP contribution is 2.18. The largest absolute Gasteiger partial charge is 0.567 e. The number of rotatable bonds is 10. The molecule has 0 radical (unpaired) electrons. The van der Waals surface area contributed by atoms with Crippen molar-refractivity contribution in [3.05, 3.63) is 30.6 Å². The van der Waals surface area contributed by atoms with Gasteiger partial charge >= 0.3 is 0 Å². The van der Waals surface area contributed by atoms with Crippen molar-refractivity contribution in [2.24, 2.45) is 0 Å². The van der Waals surface area contributed by atoms with Crippen LogP contribution in [0.4, 0.5) is 0 Å². The number of azo groups is 1. The molecule has 0 aromatic carbocycles. The number of hydroxylamine groups is 2. The SMILES string of the molecule is C[Si](C)(C)CC(C[N+](=O)[O-])/[N+]([O-])=[N+](\[O-])C(C[N+](=O)[O-])C[Si](C)(C)C. The summed E-state index contributed by atoms with van der Waals surface area (Å²) in [6.45, 7) is 10.4. The van der Waals surface area contributed by atoms with Gasteiger partial charge in [0.1, 0.15) is 0 Å². The predicted molar refractivity (Wildman–Crippen MR) is 94.9 cm³/mol. The molecule has 12 heteroatoms. The molecule has 0 aliphatic heterocycles. The molecule has 0 saturated carbocycles. The molecule has 0 aromatic heterocycles. The van der Waals surface area contributed by atoms with Gasteiger partial charge in [-0.1, -0.05) is 39.3 Å². The lowest BCUT2D eigenvalue weighted by Gasteiger charge is -2.22. The Morgan fingerprint density at radius 2 is 0.917 bits per heavy atom. The van der Waals surface area contributed by atoms with E-state index in [0.29, 0.717) is 0 Å². The maximum atomic E-state index is 12.4. The van der Waals surface area contributed by atoms with E-state index in [-0.39, 0.29) is 21.8 Å². The van der Waals surface area contributed by atoms with Crippen molar-refractivity contribution in [1.29, 1.82) is 0 Å². The summed E-state index contributed by atoms with van der Waals surface area (Å²) >= 11 is 0. The Hall–Kier alpha value is -1.57. The molecule has 0 aliphatic rings. The van der Waals surface area contributed by atoms with Gasteiger partial charge in [0.2, 0.25) is 0 Å². The normalized spacial score (nSPS) is 16.2. The summed E-state index contributed by atoms with van der Waals surface area (Å²) in [4.78, 5) is 20.6. The molecule has 2 atom stereocenters. The zero-order chi connectivity index (χ0) is 19.3. The van der Waals surface area contributed by atoms with Gasteiger partial charge in [-0.2, -0.15) is 0 Å². The highest BCUT2D eigenvalue weighted by atomic mass is 28.3. The molecule has 140 valence electrons. The maximum Gasteiger partial charge on any atom is 0.290 e. The first kappa shape index (κ1) is 22.4. The van der Waals surface area contributed by atoms with E-state index in [2.05, 4.69) is 0 Å². The second-order valence-corrected chi connectivity index (χ2v) is 19.5. The number of hydrogen-bond donors (Lipinski definition) is 0. The van der Waals surface area contributed by atoms with Gasteiger partial charge in [-0.15, -0.1) is 0 Å². The molecule has 0 amide bonds. The number of nitrogens with zero attached hydrogens (tertiary/aromatic N) is 4. The van der Waals surface area contributed by atoms with Crippen LogP contribution in [-0.4, -0.2) is 60.9 Å². The first-order chi connectivity index (χ1) is 10.6. The van der Waals surface area contributed by atoms with Crippen LogP contribution in [0.5, 0.6) is 0 Å². The zero-order valence-electron chi connectivity index (χ0n) is 15.2. The molecule has 0 N–H and O–H groups in total. The van der Waals surface area contributed by atoms with Crippen molar-refractivity contribution >= 4 is 16.1 Å². The molecular formula is C12H28N4O6Si2. The fourth-order valence-electron chi connectivity index (χ4n) is 2.50. The third-order valence-electron chi connectivity index (χ3n) is 3.23. The average Bonchev–Trinajstić information content (AvgIpc) is 2.30. The zero-order valence-corrected chi connectivity index (χ0v) is 17.2. The quantitative estimate of drug-likeness (QED) is 0.187. The highest BCUT2D eigenvalue weighted by Gasteiger charge is 2.40. The first-order valence-corrected chi connectivity index (χ1v) is 15.2. The van der Waals surface area contributed by atoms with E-state index < -0.39 is 51.2 Å². The molecule has 10 nitrogen and oxygen atoms in total. The van der Waals surface area contributed by atoms with Crippen LogP contribution in [0.3, 0.4) is 0 Å². The molecule has 0 saturated heterocycles. The molecule has 2 unspecified atom stereocenters. The van der Waals surface area contributed by atoms with Crippen LogP contribution in [0.15, 0.2) is 0 Å². The van der Waals surface area contributed by atoms with E-state index in [1.54, 1.807) is 0 Å². The fourth-order valence-corrected chi connectivity index (χ4v) is 5.90. The molecular weight excluding hydrogens is 352 g/mol. The summed E-state index contributed by atoms with van der Waals surface area (Å²) in [5.74, 6) is 0. The third kappa shape index (κ3) is 9.55.